The summed E-state index contributed by atoms with van der Waals surface area (Å²) in [7, 11) is 0. The summed E-state index contributed by atoms with van der Waals surface area (Å²) in [5, 5.41) is 17.8. The molecule has 1 saturated heterocycles. The van der Waals surface area contributed by atoms with Gasteiger partial charge in [0.1, 0.15) is 6.10 Å². The van der Waals surface area contributed by atoms with Crippen molar-refractivity contribution in [3.63, 3.8) is 0 Å². The van der Waals surface area contributed by atoms with Gasteiger partial charge in [-0.2, -0.15) is 0 Å². The van der Waals surface area contributed by atoms with Crippen LogP contribution in [0.1, 0.15) is 19.8 Å². The van der Waals surface area contributed by atoms with Gasteiger partial charge in [0, 0.05) is 0 Å². The molecule has 3 nitrogen and oxygen atoms in total. The summed E-state index contributed by atoms with van der Waals surface area (Å²) in [5.74, 6) is 0. The van der Waals surface area contributed by atoms with Crippen LogP contribution in [0.4, 0.5) is 0 Å². The van der Waals surface area contributed by atoms with Gasteiger partial charge in [0.25, 0.3) is 0 Å². The average molecular weight is 132 g/mol. The number of aliphatic hydroxyl groups is 2. The molecular weight excluding hydrogens is 120 g/mol. The Morgan fingerprint density at radius 1 is 1.33 bits per heavy atom. The second-order valence-corrected chi connectivity index (χ2v) is 2.48. The third-order valence-electron chi connectivity index (χ3n) is 1.57. The summed E-state index contributed by atoms with van der Waals surface area (Å²) in [6, 6.07) is 0. The van der Waals surface area contributed by atoms with Crippen molar-refractivity contribution in [3.8, 4) is 0 Å². The van der Waals surface area contributed by atoms with E-state index in [2.05, 4.69) is 0 Å². The first-order chi connectivity index (χ1) is 4.20. The van der Waals surface area contributed by atoms with Crippen LogP contribution in [0.5, 0.6) is 0 Å². The topological polar surface area (TPSA) is 49.7 Å². The molecular formula is C6H12O3. The summed E-state index contributed by atoms with van der Waals surface area (Å²) < 4.78 is 4.90. The van der Waals surface area contributed by atoms with Gasteiger partial charge in [-0.05, 0) is 19.8 Å². The Morgan fingerprint density at radius 2 is 2.00 bits per heavy atom. The lowest BCUT2D eigenvalue weighted by Crippen LogP contribution is -2.37. The van der Waals surface area contributed by atoms with E-state index in [9.17, 15) is 0 Å². The number of rotatable bonds is 0. The van der Waals surface area contributed by atoms with E-state index in [1.807, 2.05) is 6.92 Å². The summed E-state index contributed by atoms with van der Waals surface area (Å²) in [4.78, 5) is 0. The van der Waals surface area contributed by atoms with E-state index in [0.717, 1.165) is 6.42 Å². The SMILES string of the molecule is C[C@H]1CC[C@H](O)C(O)O1. The highest BCUT2D eigenvalue weighted by molar-refractivity contribution is 4.68. The lowest BCUT2D eigenvalue weighted by molar-refractivity contribution is -0.210. The van der Waals surface area contributed by atoms with Crippen molar-refractivity contribution in [2.75, 3.05) is 0 Å². The van der Waals surface area contributed by atoms with Gasteiger partial charge in [0.2, 0.25) is 0 Å². The van der Waals surface area contributed by atoms with Crippen molar-refractivity contribution >= 4 is 0 Å². The van der Waals surface area contributed by atoms with Gasteiger partial charge < -0.3 is 14.9 Å². The van der Waals surface area contributed by atoms with Crippen LogP contribution in [0, 0.1) is 0 Å². The molecule has 2 N–H and O–H groups in total. The van der Waals surface area contributed by atoms with Crippen LogP contribution in [0.3, 0.4) is 0 Å². The minimum atomic E-state index is -0.964. The van der Waals surface area contributed by atoms with E-state index >= 15 is 0 Å². The van der Waals surface area contributed by atoms with Crippen LogP contribution in [-0.2, 0) is 4.74 Å². The molecule has 1 rings (SSSR count). The van der Waals surface area contributed by atoms with Gasteiger partial charge in [-0.3, -0.25) is 0 Å². The summed E-state index contributed by atoms with van der Waals surface area (Å²) in [5.41, 5.74) is 0. The van der Waals surface area contributed by atoms with Crippen LogP contribution in [-0.4, -0.2) is 28.7 Å². The fraction of sp³-hybridized carbons (Fsp3) is 1.00. The molecule has 0 radical (unpaired) electrons. The molecule has 1 unspecified atom stereocenters. The van der Waals surface area contributed by atoms with Gasteiger partial charge in [-0.15, -0.1) is 0 Å². The molecule has 1 fully saturated rings. The first kappa shape index (κ1) is 6.99. The van der Waals surface area contributed by atoms with Crippen molar-refractivity contribution in [1.29, 1.82) is 0 Å². The highest BCUT2D eigenvalue weighted by Crippen LogP contribution is 2.16. The minimum absolute atomic E-state index is 0.0865. The highest BCUT2D eigenvalue weighted by atomic mass is 16.6. The van der Waals surface area contributed by atoms with E-state index < -0.39 is 12.4 Å². The van der Waals surface area contributed by atoms with Crippen LogP contribution >= 0.6 is 0 Å². The molecule has 54 valence electrons. The van der Waals surface area contributed by atoms with Gasteiger partial charge in [0.05, 0.1) is 6.10 Å². The Bertz CT molecular complexity index is 94.3. The zero-order valence-electron chi connectivity index (χ0n) is 5.45. The molecule has 0 saturated carbocycles. The van der Waals surface area contributed by atoms with Crippen LogP contribution in [0.15, 0.2) is 0 Å². The molecule has 0 aromatic carbocycles. The molecule has 3 atom stereocenters. The largest absolute Gasteiger partial charge is 0.388 e. The average Bonchev–Trinajstić information content (AvgIpc) is 1.80. The Kier molecular flexibility index (Phi) is 2.05. The number of hydrogen-bond acceptors (Lipinski definition) is 3. The van der Waals surface area contributed by atoms with E-state index in [0.29, 0.717) is 6.42 Å². The highest BCUT2D eigenvalue weighted by Gasteiger charge is 2.24. The molecule has 0 aromatic heterocycles. The lowest BCUT2D eigenvalue weighted by atomic mass is 10.1. The molecule has 1 aliphatic rings. The molecule has 0 amide bonds. The maximum absolute atomic E-state index is 8.92. The first-order valence-electron chi connectivity index (χ1n) is 3.21. The fourth-order valence-electron chi connectivity index (χ4n) is 0.945. The molecule has 0 aliphatic carbocycles. The Hall–Kier alpha value is -0.120. The van der Waals surface area contributed by atoms with E-state index in [-0.39, 0.29) is 6.10 Å². The van der Waals surface area contributed by atoms with Gasteiger partial charge in [0.15, 0.2) is 6.29 Å². The van der Waals surface area contributed by atoms with Crippen LogP contribution < -0.4 is 0 Å². The van der Waals surface area contributed by atoms with Gasteiger partial charge >= 0.3 is 0 Å². The minimum Gasteiger partial charge on any atom is -0.388 e. The van der Waals surface area contributed by atoms with Crippen molar-refractivity contribution in [1.82, 2.24) is 0 Å². The monoisotopic (exact) mass is 132 g/mol. The maximum Gasteiger partial charge on any atom is 0.181 e. The van der Waals surface area contributed by atoms with Gasteiger partial charge in [-0.25, -0.2) is 0 Å². The van der Waals surface area contributed by atoms with E-state index in [4.69, 9.17) is 14.9 Å². The van der Waals surface area contributed by atoms with Crippen LogP contribution in [0.2, 0.25) is 0 Å². The lowest BCUT2D eigenvalue weighted by Gasteiger charge is -2.28. The van der Waals surface area contributed by atoms with Gasteiger partial charge in [-0.1, -0.05) is 0 Å². The predicted octanol–water partition coefficient (Wildman–Crippen LogP) is -0.135. The molecule has 1 heterocycles. The molecule has 0 aromatic rings. The second kappa shape index (κ2) is 2.64. The van der Waals surface area contributed by atoms with Crippen molar-refractivity contribution in [2.45, 2.75) is 38.3 Å². The smallest absolute Gasteiger partial charge is 0.181 e. The summed E-state index contributed by atoms with van der Waals surface area (Å²) >= 11 is 0. The summed E-state index contributed by atoms with van der Waals surface area (Å²) in [6.45, 7) is 1.88. The van der Waals surface area contributed by atoms with Crippen molar-refractivity contribution < 1.29 is 14.9 Å². The fourth-order valence-corrected chi connectivity index (χ4v) is 0.945. The maximum atomic E-state index is 8.92. The zero-order chi connectivity index (χ0) is 6.85. The third-order valence-corrected chi connectivity index (χ3v) is 1.57. The molecule has 1 aliphatic heterocycles. The predicted molar refractivity (Wildman–Crippen MR) is 31.8 cm³/mol. The first-order valence-corrected chi connectivity index (χ1v) is 3.21. The Balaban J connectivity index is 2.35. The number of hydrogen-bond donors (Lipinski definition) is 2. The zero-order valence-corrected chi connectivity index (χ0v) is 5.45. The summed E-state index contributed by atoms with van der Waals surface area (Å²) in [6.07, 6.45) is -0.0843. The Labute approximate surface area is 54.3 Å². The van der Waals surface area contributed by atoms with Crippen molar-refractivity contribution in [3.05, 3.63) is 0 Å². The van der Waals surface area contributed by atoms with Crippen molar-refractivity contribution in [2.24, 2.45) is 0 Å². The van der Waals surface area contributed by atoms with E-state index in [1.54, 1.807) is 0 Å². The quantitative estimate of drug-likeness (QED) is 0.482. The van der Waals surface area contributed by atoms with Crippen LogP contribution in [0.25, 0.3) is 0 Å². The van der Waals surface area contributed by atoms with E-state index in [1.165, 1.54) is 0 Å². The Morgan fingerprint density at radius 3 is 2.44 bits per heavy atom. The number of ether oxygens (including phenoxy) is 1. The molecule has 0 bridgehead atoms. The molecule has 3 heteroatoms. The molecule has 0 spiro atoms. The molecule has 9 heavy (non-hydrogen) atoms. The normalized spacial score (nSPS) is 45.0. The second-order valence-electron chi connectivity index (χ2n) is 2.48. The number of aliphatic hydroxyl groups excluding tert-OH is 2. The standard InChI is InChI=1S/C6H12O3/c1-4-2-3-5(7)6(8)9-4/h4-8H,2-3H2,1H3/t4-,5-,6?/m0/s1. The third kappa shape index (κ3) is 1.64.